The fraction of sp³-hybridized carbons (Fsp3) is 0.294. The molecule has 1 aliphatic carbocycles. The second-order valence-corrected chi connectivity index (χ2v) is 6.22. The molecular weight excluding hydrogens is 289 g/mol. The fourth-order valence-electron chi connectivity index (χ4n) is 2.77. The Morgan fingerprint density at radius 3 is 2.40 bits per heavy atom. The van der Waals surface area contributed by atoms with Gasteiger partial charge in [0, 0.05) is 0 Å². The van der Waals surface area contributed by atoms with Gasteiger partial charge in [-0.1, -0.05) is 60.0 Å². The molecule has 2 aromatic rings. The molecule has 20 heavy (non-hydrogen) atoms. The summed E-state index contributed by atoms with van der Waals surface area (Å²) >= 11 is 12.1. The van der Waals surface area contributed by atoms with Crippen LogP contribution in [-0.2, 0) is 0 Å². The van der Waals surface area contributed by atoms with E-state index in [-0.39, 0.29) is 6.04 Å². The van der Waals surface area contributed by atoms with Gasteiger partial charge in [0.2, 0.25) is 0 Å². The van der Waals surface area contributed by atoms with Gasteiger partial charge in [-0.25, -0.2) is 0 Å². The van der Waals surface area contributed by atoms with E-state index >= 15 is 0 Å². The predicted molar refractivity (Wildman–Crippen MR) is 85.5 cm³/mol. The first-order valence-electron chi connectivity index (χ1n) is 6.96. The highest BCUT2D eigenvalue weighted by Gasteiger charge is 2.24. The van der Waals surface area contributed by atoms with E-state index in [1.54, 1.807) is 0 Å². The molecule has 2 aromatic carbocycles. The summed E-state index contributed by atoms with van der Waals surface area (Å²) in [6.45, 7) is 0. The zero-order chi connectivity index (χ0) is 14.1. The lowest BCUT2D eigenvalue weighted by molar-refractivity contribution is 0.416. The molecule has 1 atom stereocenters. The molecule has 0 radical (unpaired) electrons. The third-order valence-corrected chi connectivity index (χ3v) is 4.92. The van der Waals surface area contributed by atoms with Gasteiger partial charge in [0.1, 0.15) is 0 Å². The summed E-state index contributed by atoms with van der Waals surface area (Å²) in [5.41, 5.74) is 10.0. The van der Waals surface area contributed by atoms with E-state index in [1.165, 1.54) is 30.4 Å². The van der Waals surface area contributed by atoms with Crippen LogP contribution >= 0.6 is 23.2 Å². The van der Waals surface area contributed by atoms with Crippen molar-refractivity contribution in [2.75, 3.05) is 0 Å². The fourth-order valence-corrected chi connectivity index (χ4v) is 3.08. The molecule has 0 heterocycles. The summed E-state index contributed by atoms with van der Waals surface area (Å²) in [5.74, 6) is 0.667. The molecule has 0 bridgehead atoms. The molecule has 1 saturated carbocycles. The molecule has 3 rings (SSSR count). The van der Waals surface area contributed by atoms with Crippen LogP contribution in [0.5, 0.6) is 0 Å². The Morgan fingerprint density at radius 2 is 1.75 bits per heavy atom. The van der Waals surface area contributed by atoms with Crippen LogP contribution in [0.15, 0.2) is 42.5 Å². The molecule has 0 saturated heterocycles. The Balaban J connectivity index is 1.97. The SMILES string of the molecule is NC(c1ccc(Cl)c(Cl)c1)c1ccccc1C1CCC1. The molecule has 104 valence electrons. The van der Waals surface area contributed by atoms with Gasteiger partial charge in [-0.15, -0.1) is 0 Å². The second-order valence-electron chi connectivity index (χ2n) is 5.41. The molecule has 1 aliphatic rings. The van der Waals surface area contributed by atoms with Gasteiger partial charge >= 0.3 is 0 Å². The average Bonchev–Trinajstić information content (AvgIpc) is 2.40. The van der Waals surface area contributed by atoms with Crippen molar-refractivity contribution < 1.29 is 0 Å². The van der Waals surface area contributed by atoms with Crippen molar-refractivity contribution in [1.29, 1.82) is 0 Å². The third kappa shape index (κ3) is 2.58. The van der Waals surface area contributed by atoms with E-state index in [4.69, 9.17) is 28.9 Å². The topological polar surface area (TPSA) is 26.0 Å². The lowest BCUT2D eigenvalue weighted by Crippen LogP contribution is -2.18. The molecule has 0 spiro atoms. The number of hydrogen-bond acceptors (Lipinski definition) is 1. The minimum atomic E-state index is -0.151. The summed E-state index contributed by atoms with van der Waals surface area (Å²) in [4.78, 5) is 0. The Labute approximate surface area is 129 Å². The highest BCUT2D eigenvalue weighted by molar-refractivity contribution is 6.42. The zero-order valence-corrected chi connectivity index (χ0v) is 12.7. The van der Waals surface area contributed by atoms with Gasteiger partial charge in [0.15, 0.2) is 0 Å². The van der Waals surface area contributed by atoms with Crippen LogP contribution in [0.4, 0.5) is 0 Å². The molecule has 2 N–H and O–H groups in total. The molecule has 1 nitrogen and oxygen atoms in total. The predicted octanol–water partition coefficient (Wildman–Crippen LogP) is 5.31. The Bertz CT molecular complexity index is 620. The Hall–Kier alpha value is -1.02. The highest BCUT2D eigenvalue weighted by atomic mass is 35.5. The molecule has 3 heteroatoms. The van der Waals surface area contributed by atoms with Gasteiger partial charge in [0.25, 0.3) is 0 Å². The van der Waals surface area contributed by atoms with Crippen molar-refractivity contribution in [3.05, 3.63) is 69.2 Å². The van der Waals surface area contributed by atoms with Gasteiger partial charge in [0.05, 0.1) is 16.1 Å². The maximum atomic E-state index is 6.45. The lowest BCUT2D eigenvalue weighted by Gasteiger charge is -2.29. The smallest absolute Gasteiger partial charge is 0.0595 e. The zero-order valence-electron chi connectivity index (χ0n) is 11.2. The van der Waals surface area contributed by atoms with Crippen molar-refractivity contribution in [1.82, 2.24) is 0 Å². The molecule has 1 unspecified atom stereocenters. The summed E-state index contributed by atoms with van der Waals surface area (Å²) in [7, 11) is 0. The maximum absolute atomic E-state index is 6.45. The third-order valence-electron chi connectivity index (χ3n) is 4.18. The number of halogens is 2. The van der Waals surface area contributed by atoms with Crippen molar-refractivity contribution in [3.8, 4) is 0 Å². The quantitative estimate of drug-likeness (QED) is 0.817. The van der Waals surface area contributed by atoms with Crippen LogP contribution < -0.4 is 5.73 Å². The van der Waals surface area contributed by atoms with E-state index in [0.717, 1.165) is 5.56 Å². The molecular formula is C17H17Cl2N. The monoisotopic (exact) mass is 305 g/mol. The number of nitrogens with two attached hydrogens (primary N) is 1. The Morgan fingerprint density at radius 1 is 1.00 bits per heavy atom. The van der Waals surface area contributed by atoms with Crippen molar-refractivity contribution in [2.24, 2.45) is 5.73 Å². The maximum Gasteiger partial charge on any atom is 0.0595 e. The van der Waals surface area contributed by atoms with E-state index < -0.39 is 0 Å². The molecule has 0 aromatic heterocycles. The minimum absolute atomic E-state index is 0.151. The summed E-state index contributed by atoms with van der Waals surface area (Å²) < 4.78 is 0. The van der Waals surface area contributed by atoms with Crippen molar-refractivity contribution in [3.63, 3.8) is 0 Å². The van der Waals surface area contributed by atoms with Gasteiger partial charge in [-0.05, 0) is 47.6 Å². The second kappa shape index (κ2) is 5.77. The van der Waals surface area contributed by atoms with Crippen LogP contribution in [0, 0.1) is 0 Å². The first-order chi connectivity index (χ1) is 9.66. The molecule has 0 amide bonds. The lowest BCUT2D eigenvalue weighted by atomic mass is 9.76. The van der Waals surface area contributed by atoms with Crippen molar-refractivity contribution in [2.45, 2.75) is 31.2 Å². The largest absolute Gasteiger partial charge is 0.320 e. The highest BCUT2D eigenvalue weighted by Crippen LogP contribution is 2.40. The van der Waals surface area contributed by atoms with Crippen LogP contribution in [0.3, 0.4) is 0 Å². The molecule has 0 aliphatic heterocycles. The standard InChI is InChI=1S/C17H17Cl2N/c18-15-9-8-12(10-16(15)19)17(20)14-7-2-1-6-13(14)11-4-3-5-11/h1-2,6-11,17H,3-5,20H2. The van der Waals surface area contributed by atoms with E-state index in [2.05, 4.69) is 24.3 Å². The first-order valence-corrected chi connectivity index (χ1v) is 7.72. The molecule has 1 fully saturated rings. The number of hydrogen-bond donors (Lipinski definition) is 1. The average molecular weight is 306 g/mol. The number of benzene rings is 2. The van der Waals surface area contributed by atoms with Crippen LogP contribution in [-0.4, -0.2) is 0 Å². The van der Waals surface area contributed by atoms with Gasteiger partial charge in [-0.2, -0.15) is 0 Å². The van der Waals surface area contributed by atoms with E-state index in [9.17, 15) is 0 Å². The summed E-state index contributed by atoms with van der Waals surface area (Å²) in [6, 6.07) is 14.0. The number of rotatable bonds is 3. The first kappa shape index (κ1) is 13.9. The minimum Gasteiger partial charge on any atom is -0.320 e. The van der Waals surface area contributed by atoms with Crippen LogP contribution in [0.1, 0.15) is 47.9 Å². The van der Waals surface area contributed by atoms with Gasteiger partial charge in [-0.3, -0.25) is 0 Å². The van der Waals surface area contributed by atoms with Gasteiger partial charge < -0.3 is 5.73 Å². The van der Waals surface area contributed by atoms with Crippen LogP contribution in [0.25, 0.3) is 0 Å². The normalized spacial score (nSPS) is 16.8. The van der Waals surface area contributed by atoms with E-state index in [0.29, 0.717) is 16.0 Å². The summed E-state index contributed by atoms with van der Waals surface area (Å²) in [5, 5.41) is 1.12. The van der Waals surface area contributed by atoms with Crippen LogP contribution in [0.2, 0.25) is 10.0 Å². The van der Waals surface area contributed by atoms with E-state index in [1.807, 2.05) is 18.2 Å². The Kier molecular flexibility index (Phi) is 4.02. The van der Waals surface area contributed by atoms with Crippen molar-refractivity contribution >= 4 is 23.2 Å². The summed E-state index contributed by atoms with van der Waals surface area (Å²) in [6.07, 6.45) is 3.86.